The first-order valence-corrected chi connectivity index (χ1v) is 7.93. The summed E-state index contributed by atoms with van der Waals surface area (Å²) in [4.78, 5) is 1.95. The molecule has 3 rings (SSSR count). The third-order valence-corrected chi connectivity index (χ3v) is 4.43. The van der Waals surface area contributed by atoms with Gasteiger partial charge < -0.3 is 15.1 Å². The van der Waals surface area contributed by atoms with Gasteiger partial charge in [0.2, 0.25) is 0 Å². The molecule has 0 bridgehead atoms. The van der Waals surface area contributed by atoms with Crippen molar-refractivity contribution >= 4 is 5.82 Å². The first-order valence-electron chi connectivity index (χ1n) is 7.93. The van der Waals surface area contributed by atoms with E-state index in [1.165, 1.54) is 6.92 Å². The molecule has 1 aliphatic rings. The van der Waals surface area contributed by atoms with E-state index in [1.807, 2.05) is 4.90 Å². The molecule has 0 radical (unpaired) electrons. The molecule has 0 unspecified atom stereocenters. The van der Waals surface area contributed by atoms with E-state index in [-0.39, 0.29) is 23.8 Å². The van der Waals surface area contributed by atoms with Crippen molar-refractivity contribution in [3.05, 3.63) is 35.4 Å². The van der Waals surface area contributed by atoms with E-state index in [2.05, 4.69) is 10.2 Å². The molecule has 0 saturated carbocycles. The molecule has 2 heterocycles. The van der Waals surface area contributed by atoms with Gasteiger partial charge in [-0.2, -0.15) is 13.2 Å². The van der Waals surface area contributed by atoms with Crippen molar-refractivity contribution in [1.82, 2.24) is 10.2 Å². The number of aromatic nitrogens is 2. The molecule has 8 heteroatoms. The summed E-state index contributed by atoms with van der Waals surface area (Å²) in [6.45, 7) is 2.29. The van der Waals surface area contributed by atoms with Crippen molar-refractivity contribution in [2.24, 2.45) is 0 Å². The lowest BCUT2D eigenvalue weighted by atomic mass is 10.0. The molecule has 1 aliphatic heterocycles. The van der Waals surface area contributed by atoms with Crippen molar-refractivity contribution in [3.63, 3.8) is 0 Å². The zero-order valence-electron chi connectivity index (χ0n) is 13.6. The highest BCUT2D eigenvalue weighted by atomic mass is 19.4. The third-order valence-electron chi connectivity index (χ3n) is 4.43. The van der Waals surface area contributed by atoms with Gasteiger partial charge in [0.25, 0.3) is 0 Å². The summed E-state index contributed by atoms with van der Waals surface area (Å²) in [5.74, 6) is 0.119. The minimum absolute atomic E-state index is 0.00126. The number of aromatic hydroxyl groups is 1. The maximum atomic E-state index is 12.8. The van der Waals surface area contributed by atoms with Crippen LogP contribution in [0.25, 0.3) is 11.3 Å². The quantitative estimate of drug-likeness (QED) is 0.887. The predicted molar refractivity (Wildman–Crippen MR) is 86.3 cm³/mol. The highest BCUT2D eigenvalue weighted by Crippen LogP contribution is 2.38. The Morgan fingerprint density at radius 2 is 2.00 bits per heavy atom. The van der Waals surface area contributed by atoms with Crippen LogP contribution in [0.15, 0.2) is 24.3 Å². The lowest BCUT2D eigenvalue weighted by Gasteiger charge is -2.23. The number of aliphatic hydroxyl groups excluding tert-OH is 1. The summed E-state index contributed by atoms with van der Waals surface area (Å²) in [7, 11) is 0. The van der Waals surface area contributed by atoms with Crippen LogP contribution in [0.4, 0.5) is 19.0 Å². The summed E-state index contributed by atoms with van der Waals surface area (Å²) in [5, 5.41) is 27.6. The molecule has 1 fully saturated rings. The third kappa shape index (κ3) is 3.39. The van der Waals surface area contributed by atoms with Gasteiger partial charge >= 0.3 is 6.18 Å². The first kappa shape index (κ1) is 17.5. The van der Waals surface area contributed by atoms with E-state index in [4.69, 9.17) is 0 Å². The second-order valence-corrected chi connectivity index (χ2v) is 6.13. The van der Waals surface area contributed by atoms with Crippen LogP contribution in [-0.4, -0.2) is 39.6 Å². The number of aliphatic hydroxyl groups is 1. The number of anilines is 1. The maximum Gasteiger partial charge on any atom is 0.416 e. The first-order chi connectivity index (χ1) is 11.8. The molecule has 5 nitrogen and oxygen atoms in total. The number of hydrogen-bond donors (Lipinski definition) is 2. The SMILES string of the molecule is Cc1cc(C(F)(F)F)cc(O)c1-c1ccc(N2CCC[C@@H]2CO)nn1. The van der Waals surface area contributed by atoms with Crippen molar-refractivity contribution in [2.45, 2.75) is 32.0 Å². The van der Waals surface area contributed by atoms with Crippen LogP contribution in [0.2, 0.25) is 0 Å². The molecule has 0 amide bonds. The van der Waals surface area contributed by atoms with Crippen molar-refractivity contribution in [2.75, 3.05) is 18.1 Å². The van der Waals surface area contributed by atoms with Gasteiger partial charge in [0.15, 0.2) is 5.82 Å². The molecule has 2 N–H and O–H groups in total. The Labute approximate surface area is 142 Å². The number of alkyl halides is 3. The van der Waals surface area contributed by atoms with Gasteiger partial charge in [-0.05, 0) is 49.6 Å². The minimum atomic E-state index is -4.52. The van der Waals surface area contributed by atoms with Crippen molar-refractivity contribution < 1.29 is 23.4 Å². The number of benzene rings is 1. The Bertz CT molecular complexity index is 740. The molecule has 1 saturated heterocycles. The van der Waals surface area contributed by atoms with Gasteiger partial charge in [-0.15, -0.1) is 10.2 Å². The Hall–Kier alpha value is -2.35. The van der Waals surface area contributed by atoms with E-state index < -0.39 is 17.5 Å². The standard InChI is InChI=1S/C17H18F3N3O2/c1-10-7-11(17(18,19)20)8-14(25)16(10)13-4-5-15(22-21-13)23-6-2-3-12(23)9-24/h4-5,7-8,12,24-25H,2-3,6,9H2,1H3/t12-/m1/s1. The highest BCUT2D eigenvalue weighted by Gasteiger charge is 2.32. The molecule has 25 heavy (non-hydrogen) atoms. The molecule has 134 valence electrons. The van der Waals surface area contributed by atoms with Gasteiger partial charge in [0.05, 0.1) is 23.9 Å². The molecule has 2 aromatic rings. The van der Waals surface area contributed by atoms with Gasteiger partial charge in [0.1, 0.15) is 5.75 Å². The number of rotatable bonds is 3. The fourth-order valence-corrected chi connectivity index (χ4v) is 3.20. The summed E-state index contributed by atoms with van der Waals surface area (Å²) in [6, 6.07) is 4.99. The van der Waals surface area contributed by atoms with Crippen LogP contribution in [0, 0.1) is 6.92 Å². The summed E-state index contributed by atoms with van der Waals surface area (Å²) < 4.78 is 38.4. The Morgan fingerprint density at radius 1 is 1.24 bits per heavy atom. The van der Waals surface area contributed by atoms with Gasteiger partial charge in [0, 0.05) is 12.1 Å². The number of aryl methyl sites for hydroxylation is 1. The molecular weight excluding hydrogens is 335 g/mol. The van der Waals surface area contributed by atoms with E-state index in [0.717, 1.165) is 25.5 Å². The van der Waals surface area contributed by atoms with E-state index >= 15 is 0 Å². The van der Waals surface area contributed by atoms with E-state index in [0.29, 0.717) is 17.6 Å². The normalized spacial score (nSPS) is 18.0. The Morgan fingerprint density at radius 3 is 2.56 bits per heavy atom. The van der Waals surface area contributed by atoms with Crippen molar-refractivity contribution in [1.29, 1.82) is 0 Å². The fraction of sp³-hybridized carbons (Fsp3) is 0.412. The highest BCUT2D eigenvalue weighted by molar-refractivity contribution is 5.71. The average Bonchev–Trinajstić information content (AvgIpc) is 3.02. The minimum Gasteiger partial charge on any atom is -0.507 e. The van der Waals surface area contributed by atoms with Crippen LogP contribution in [0.5, 0.6) is 5.75 Å². The summed E-state index contributed by atoms with van der Waals surface area (Å²) in [6.07, 6.45) is -2.70. The van der Waals surface area contributed by atoms with Crippen LogP contribution in [0.1, 0.15) is 24.0 Å². The molecule has 0 aliphatic carbocycles. The Kier molecular flexibility index (Phi) is 4.55. The maximum absolute atomic E-state index is 12.8. The number of hydrogen-bond acceptors (Lipinski definition) is 5. The largest absolute Gasteiger partial charge is 0.507 e. The Balaban J connectivity index is 1.93. The average molecular weight is 353 g/mol. The predicted octanol–water partition coefficient (Wildman–Crippen LogP) is 3.14. The second kappa shape index (κ2) is 6.51. The molecule has 1 atom stereocenters. The summed E-state index contributed by atoms with van der Waals surface area (Å²) >= 11 is 0. The topological polar surface area (TPSA) is 69.5 Å². The monoisotopic (exact) mass is 353 g/mol. The van der Waals surface area contributed by atoms with Crippen molar-refractivity contribution in [3.8, 4) is 17.0 Å². The fourth-order valence-electron chi connectivity index (χ4n) is 3.20. The zero-order chi connectivity index (χ0) is 18.2. The number of phenolic OH excluding ortho intramolecular Hbond substituents is 1. The van der Waals surface area contributed by atoms with Gasteiger partial charge in [-0.1, -0.05) is 0 Å². The lowest BCUT2D eigenvalue weighted by Crippen LogP contribution is -2.32. The van der Waals surface area contributed by atoms with Crippen LogP contribution < -0.4 is 4.90 Å². The van der Waals surface area contributed by atoms with Crippen LogP contribution >= 0.6 is 0 Å². The molecule has 1 aromatic heterocycles. The second-order valence-electron chi connectivity index (χ2n) is 6.13. The summed E-state index contributed by atoms with van der Waals surface area (Å²) in [5.41, 5.74) is -0.109. The number of halogens is 3. The van der Waals surface area contributed by atoms with Gasteiger partial charge in [-0.3, -0.25) is 0 Å². The van der Waals surface area contributed by atoms with Gasteiger partial charge in [-0.25, -0.2) is 0 Å². The van der Waals surface area contributed by atoms with Crippen LogP contribution in [-0.2, 0) is 6.18 Å². The van der Waals surface area contributed by atoms with E-state index in [1.54, 1.807) is 12.1 Å². The zero-order valence-corrected chi connectivity index (χ0v) is 13.6. The number of nitrogens with zero attached hydrogens (tertiary/aromatic N) is 3. The number of phenols is 1. The smallest absolute Gasteiger partial charge is 0.416 e. The lowest BCUT2D eigenvalue weighted by molar-refractivity contribution is -0.137. The van der Waals surface area contributed by atoms with E-state index in [9.17, 15) is 23.4 Å². The molecular formula is C17H18F3N3O2. The molecule has 0 spiro atoms. The van der Waals surface area contributed by atoms with Crippen LogP contribution in [0.3, 0.4) is 0 Å². The molecule has 1 aromatic carbocycles.